The number of nitrogens with zero attached hydrogens (tertiary/aromatic N) is 3. The zero-order valence-corrected chi connectivity index (χ0v) is 18.2. The fraction of sp³-hybridized carbons (Fsp3) is 0.364. The van der Waals surface area contributed by atoms with Gasteiger partial charge in [0.2, 0.25) is 0 Å². The van der Waals surface area contributed by atoms with Crippen molar-refractivity contribution < 1.29 is 19.0 Å². The van der Waals surface area contributed by atoms with Crippen LogP contribution in [0.15, 0.2) is 36.4 Å². The first kappa shape index (κ1) is 20.3. The molecule has 0 aliphatic carbocycles. The van der Waals surface area contributed by atoms with Gasteiger partial charge >= 0.3 is 0 Å². The lowest BCUT2D eigenvalue weighted by atomic mass is 10.1. The van der Waals surface area contributed by atoms with E-state index < -0.39 is 0 Å². The van der Waals surface area contributed by atoms with Crippen LogP contribution in [0.1, 0.15) is 17.3 Å². The number of para-hydroxylation sites is 1. The highest BCUT2D eigenvalue weighted by molar-refractivity contribution is 7.22. The van der Waals surface area contributed by atoms with Gasteiger partial charge in [0.15, 0.2) is 16.6 Å². The van der Waals surface area contributed by atoms with Crippen LogP contribution < -0.4 is 19.1 Å². The van der Waals surface area contributed by atoms with Gasteiger partial charge in [0, 0.05) is 26.2 Å². The summed E-state index contributed by atoms with van der Waals surface area (Å²) >= 11 is 1.66. The normalized spacial score (nSPS) is 14.1. The summed E-state index contributed by atoms with van der Waals surface area (Å²) in [5.41, 5.74) is 1.49. The highest BCUT2D eigenvalue weighted by Crippen LogP contribution is 2.33. The van der Waals surface area contributed by atoms with Gasteiger partial charge in [-0.05, 0) is 37.3 Å². The fourth-order valence-corrected chi connectivity index (χ4v) is 4.66. The van der Waals surface area contributed by atoms with E-state index >= 15 is 0 Å². The number of ether oxygens (including phenoxy) is 3. The van der Waals surface area contributed by atoms with Gasteiger partial charge < -0.3 is 24.0 Å². The van der Waals surface area contributed by atoms with E-state index in [0.717, 1.165) is 34.2 Å². The van der Waals surface area contributed by atoms with Gasteiger partial charge in [0.1, 0.15) is 5.75 Å². The number of hydrogen-bond donors (Lipinski definition) is 0. The topological polar surface area (TPSA) is 64.1 Å². The summed E-state index contributed by atoms with van der Waals surface area (Å²) in [5.74, 6) is 1.85. The minimum Gasteiger partial charge on any atom is -0.494 e. The lowest BCUT2D eigenvalue weighted by Gasteiger charge is -2.34. The van der Waals surface area contributed by atoms with Gasteiger partial charge in [0.25, 0.3) is 5.91 Å². The Morgan fingerprint density at radius 2 is 1.90 bits per heavy atom. The Bertz CT molecular complexity index is 1040. The van der Waals surface area contributed by atoms with Crippen LogP contribution in [0.4, 0.5) is 5.13 Å². The zero-order valence-electron chi connectivity index (χ0n) is 17.4. The molecule has 3 aromatic rings. The van der Waals surface area contributed by atoms with Crippen molar-refractivity contribution in [2.45, 2.75) is 6.92 Å². The molecule has 0 radical (unpaired) electrons. The standard InChI is InChI=1S/C22H25N3O4S/c1-4-29-15-8-9-17-19(14-15)30-22(23-17)25-12-10-24(11-13-25)21(26)16-6-5-7-18(27-2)20(16)28-3/h5-9,14H,4,10-13H2,1-3H3. The Morgan fingerprint density at radius 1 is 1.10 bits per heavy atom. The van der Waals surface area contributed by atoms with Crippen molar-refractivity contribution in [2.24, 2.45) is 0 Å². The first-order chi connectivity index (χ1) is 14.6. The fourth-order valence-electron chi connectivity index (χ4n) is 3.61. The molecule has 2 aromatic carbocycles. The Balaban J connectivity index is 1.46. The molecule has 4 rings (SSSR count). The number of amides is 1. The molecular weight excluding hydrogens is 402 g/mol. The molecule has 0 bridgehead atoms. The summed E-state index contributed by atoms with van der Waals surface area (Å²) in [5, 5.41) is 0.977. The monoisotopic (exact) mass is 427 g/mol. The van der Waals surface area contributed by atoms with Gasteiger partial charge in [-0.1, -0.05) is 17.4 Å². The SMILES string of the molecule is CCOc1ccc2nc(N3CCN(C(=O)c4cccc(OC)c4OC)CC3)sc2c1. The maximum atomic E-state index is 13.1. The average molecular weight is 428 g/mol. The van der Waals surface area contributed by atoms with Crippen molar-refractivity contribution in [2.75, 3.05) is 51.9 Å². The summed E-state index contributed by atoms with van der Waals surface area (Å²) in [6, 6.07) is 11.4. The number of fused-ring (bicyclic) bond motifs is 1. The van der Waals surface area contributed by atoms with Crippen LogP contribution in [0, 0.1) is 0 Å². The van der Waals surface area contributed by atoms with E-state index in [0.29, 0.717) is 36.8 Å². The van der Waals surface area contributed by atoms with Crippen LogP contribution in [0.2, 0.25) is 0 Å². The molecule has 1 aromatic heterocycles. The number of methoxy groups -OCH3 is 2. The first-order valence-electron chi connectivity index (χ1n) is 9.93. The number of benzene rings is 2. The Kier molecular flexibility index (Phi) is 5.94. The summed E-state index contributed by atoms with van der Waals surface area (Å²) in [6.07, 6.45) is 0. The molecule has 0 saturated carbocycles. The molecule has 1 aliphatic heterocycles. The summed E-state index contributed by atoms with van der Waals surface area (Å²) in [7, 11) is 3.12. The smallest absolute Gasteiger partial charge is 0.257 e. The number of anilines is 1. The number of rotatable bonds is 6. The van der Waals surface area contributed by atoms with Crippen LogP contribution in [0.25, 0.3) is 10.2 Å². The van der Waals surface area contributed by atoms with E-state index in [-0.39, 0.29) is 5.91 Å². The van der Waals surface area contributed by atoms with Crippen molar-refractivity contribution in [1.29, 1.82) is 0 Å². The Labute approximate surface area is 179 Å². The maximum absolute atomic E-state index is 13.1. The molecule has 2 heterocycles. The molecule has 0 spiro atoms. The zero-order chi connectivity index (χ0) is 21.1. The quantitative estimate of drug-likeness (QED) is 0.598. The number of thiazole rings is 1. The third-order valence-electron chi connectivity index (χ3n) is 5.13. The molecule has 158 valence electrons. The second-order valence-electron chi connectivity index (χ2n) is 6.88. The van der Waals surface area contributed by atoms with E-state index in [4.69, 9.17) is 19.2 Å². The van der Waals surface area contributed by atoms with E-state index in [9.17, 15) is 4.79 Å². The van der Waals surface area contributed by atoms with Crippen molar-refractivity contribution >= 4 is 32.6 Å². The summed E-state index contributed by atoms with van der Waals surface area (Å²) in [4.78, 5) is 21.9. The van der Waals surface area contributed by atoms with Crippen LogP contribution in [-0.4, -0.2) is 62.8 Å². The molecular formula is C22H25N3O4S. The van der Waals surface area contributed by atoms with Gasteiger partial charge in [-0.3, -0.25) is 4.79 Å². The summed E-state index contributed by atoms with van der Waals surface area (Å²) in [6.45, 7) is 5.33. The number of carbonyl (C=O) groups is 1. The van der Waals surface area contributed by atoms with Gasteiger partial charge in [-0.15, -0.1) is 0 Å². The van der Waals surface area contributed by atoms with Crippen molar-refractivity contribution in [3.8, 4) is 17.2 Å². The molecule has 7 nitrogen and oxygen atoms in total. The number of hydrogen-bond acceptors (Lipinski definition) is 7. The molecule has 0 atom stereocenters. The highest BCUT2D eigenvalue weighted by atomic mass is 32.1. The van der Waals surface area contributed by atoms with Crippen molar-refractivity contribution in [3.63, 3.8) is 0 Å². The van der Waals surface area contributed by atoms with Crippen molar-refractivity contribution in [3.05, 3.63) is 42.0 Å². The highest BCUT2D eigenvalue weighted by Gasteiger charge is 2.26. The minimum absolute atomic E-state index is 0.0453. The van der Waals surface area contributed by atoms with Crippen LogP contribution in [0.5, 0.6) is 17.2 Å². The largest absolute Gasteiger partial charge is 0.494 e. The summed E-state index contributed by atoms with van der Waals surface area (Å²) < 4.78 is 17.4. The van der Waals surface area contributed by atoms with E-state index in [1.807, 2.05) is 36.1 Å². The third-order valence-corrected chi connectivity index (χ3v) is 6.21. The number of carbonyl (C=O) groups excluding carboxylic acids is 1. The average Bonchev–Trinajstić information content (AvgIpc) is 3.21. The Hall–Kier alpha value is -3.00. The molecule has 0 N–H and O–H groups in total. The number of aromatic nitrogens is 1. The molecule has 8 heteroatoms. The van der Waals surface area contributed by atoms with Crippen molar-refractivity contribution in [1.82, 2.24) is 9.88 Å². The molecule has 1 amide bonds. The van der Waals surface area contributed by atoms with Gasteiger partial charge in [-0.25, -0.2) is 4.98 Å². The maximum Gasteiger partial charge on any atom is 0.257 e. The van der Waals surface area contributed by atoms with Gasteiger partial charge in [-0.2, -0.15) is 0 Å². The van der Waals surface area contributed by atoms with Crippen LogP contribution >= 0.6 is 11.3 Å². The molecule has 1 saturated heterocycles. The van der Waals surface area contributed by atoms with Crippen LogP contribution in [0.3, 0.4) is 0 Å². The second-order valence-corrected chi connectivity index (χ2v) is 7.89. The third kappa shape index (κ3) is 3.87. The molecule has 0 unspecified atom stereocenters. The van der Waals surface area contributed by atoms with Gasteiger partial charge in [0.05, 0.1) is 36.6 Å². The predicted octanol–water partition coefficient (Wildman–Crippen LogP) is 3.67. The molecule has 30 heavy (non-hydrogen) atoms. The predicted molar refractivity (Wildman–Crippen MR) is 118 cm³/mol. The Morgan fingerprint density at radius 3 is 2.60 bits per heavy atom. The van der Waals surface area contributed by atoms with E-state index in [2.05, 4.69) is 4.90 Å². The number of piperazine rings is 1. The minimum atomic E-state index is -0.0453. The van der Waals surface area contributed by atoms with Crippen LogP contribution in [-0.2, 0) is 0 Å². The first-order valence-corrected chi connectivity index (χ1v) is 10.7. The molecule has 1 aliphatic rings. The van der Waals surface area contributed by atoms with E-state index in [1.165, 1.54) is 0 Å². The lowest BCUT2D eigenvalue weighted by Crippen LogP contribution is -2.48. The second kappa shape index (κ2) is 8.79. The van der Waals surface area contributed by atoms with E-state index in [1.54, 1.807) is 37.7 Å². The molecule has 1 fully saturated rings. The lowest BCUT2D eigenvalue weighted by molar-refractivity contribution is 0.0742.